The van der Waals surface area contributed by atoms with Gasteiger partial charge in [0.1, 0.15) is 21.7 Å². The highest BCUT2D eigenvalue weighted by atomic mass is 32.1. The summed E-state index contributed by atoms with van der Waals surface area (Å²) in [5.41, 5.74) is 0.751. The van der Waals surface area contributed by atoms with E-state index in [0.29, 0.717) is 23.6 Å². The number of hydrogen-bond donors (Lipinski definition) is 0. The van der Waals surface area contributed by atoms with Gasteiger partial charge in [0.15, 0.2) is 0 Å². The smallest absolute Gasteiger partial charge is 0.409 e. The maximum atomic E-state index is 13.3. The van der Waals surface area contributed by atoms with Crippen LogP contribution in [0.15, 0.2) is 30.5 Å². The SMILES string of the molecule is COc1cccc(-c2ncc(C(=O)N(C)C(C3CC3)C(F)(F)F)s2)c1. The van der Waals surface area contributed by atoms with E-state index in [-0.39, 0.29) is 4.88 Å². The molecule has 4 nitrogen and oxygen atoms in total. The average Bonchev–Trinajstić information content (AvgIpc) is 3.26. The minimum Gasteiger partial charge on any atom is -0.497 e. The van der Waals surface area contributed by atoms with Crippen LogP contribution in [0.2, 0.25) is 0 Å². The fraction of sp³-hybridized carbons (Fsp3) is 0.412. The van der Waals surface area contributed by atoms with Gasteiger partial charge in [-0.2, -0.15) is 13.2 Å². The fourth-order valence-electron chi connectivity index (χ4n) is 2.78. The Morgan fingerprint density at radius 1 is 1.40 bits per heavy atom. The Morgan fingerprint density at radius 3 is 2.72 bits per heavy atom. The summed E-state index contributed by atoms with van der Waals surface area (Å²) in [5.74, 6) is -0.510. The third kappa shape index (κ3) is 3.78. The number of benzene rings is 1. The number of aromatic nitrogens is 1. The van der Waals surface area contributed by atoms with Crippen molar-refractivity contribution < 1.29 is 22.7 Å². The van der Waals surface area contributed by atoms with Crippen molar-refractivity contribution >= 4 is 17.2 Å². The molecule has 3 rings (SSSR count). The van der Waals surface area contributed by atoms with Gasteiger partial charge < -0.3 is 9.64 Å². The molecule has 0 saturated heterocycles. The molecule has 1 unspecified atom stereocenters. The molecule has 0 aliphatic heterocycles. The Bertz CT molecular complexity index is 771. The van der Waals surface area contributed by atoms with Crippen LogP contribution in [0.3, 0.4) is 0 Å². The second-order valence-corrected chi connectivity index (χ2v) is 7.03. The van der Waals surface area contributed by atoms with E-state index >= 15 is 0 Å². The number of thiazole rings is 1. The summed E-state index contributed by atoms with van der Waals surface area (Å²) in [6.45, 7) is 0. The zero-order valence-corrected chi connectivity index (χ0v) is 14.5. The van der Waals surface area contributed by atoms with E-state index in [9.17, 15) is 18.0 Å². The number of carbonyl (C=O) groups is 1. The lowest BCUT2D eigenvalue weighted by atomic mass is 10.1. The maximum absolute atomic E-state index is 13.3. The molecule has 1 fully saturated rings. The van der Waals surface area contributed by atoms with E-state index in [4.69, 9.17) is 4.74 Å². The lowest BCUT2D eigenvalue weighted by molar-refractivity contribution is -0.179. The van der Waals surface area contributed by atoms with Crippen molar-refractivity contribution in [3.05, 3.63) is 35.3 Å². The summed E-state index contributed by atoms with van der Waals surface area (Å²) in [4.78, 5) is 17.7. The molecular formula is C17H17F3N2O2S. The largest absolute Gasteiger partial charge is 0.497 e. The van der Waals surface area contributed by atoms with Crippen LogP contribution in [0.5, 0.6) is 5.75 Å². The topological polar surface area (TPSA) is 42.4 Å². The summed E-state index contributed by atoms with van der Waals surface area (Å²) in [7, 11) is 2.75. The molecule has 1 aromatic heterocycles. The van der Waals surface area contributed by atoms with Crippen LogP contribution in [-0.2, 0) is 0 Å². The molecule has 0 bridgehead atoms. The fourth-order valence-corrected chi connectivity index (χ4v) is 3.67. The van der Waals surface area contributed by atoms with Crippen LogP contribution in [0.4, 0.5) is 13.2 Å². The van der Waals surface area contributed by atoms with Crippen LogP contribution >= 0.6 is 11.3 Å². The van der Waals surface area contributed by atoms with Gasteiger partial charge in [-0.05, 0) is 30.9 Å². The standard InChI is InChI=1S/C17H17F3N2O2S/c1-22(14(10-6-7-10)17(18,19)20)16(23)13-9-21-15(25-13)11-4-3-5-12(8-11)24-2/h3-5,8-10,14H,6-7H2,1-2H3. The van der Waals surface area contributed by atoms with Gasteiger partial charge >= 0.3 is 6.18 Å². The lowest BCUT2D eigenvalue weighted by Gasteiger charge is -2.29. The predicted molar refractivity (Wildman–Crippen MR) is 88.8 cm³/mol. The Labute approximate surface area is 147 Å². The Hall–Kier alpha value is -2.09. The molecular weight excluding hydrogens is 353 g/mol. The zero-order chi connectivity index (χ0) is 18.2. The number of ether oxygens (including phenoxy) is 1. The molecule has 1 amide bonds. The lowest BCUT2D eigenvalue weighted by Crippen LogP contribution is -2.47. The van der Waals surface area contributed by atoms with Gasteiger partial charge in [0.2, 0.25) is 0 Å². The number of halogens is 3. The van der Waals surface area contributed by atoms with E-state index in [1.165, 1.54) is 13.2 Å². The van der Waals surface area contributed by atoms with Gasteiger partial charge in [-0.25, -0.2) is 4.98 Å². The number of alkyl halides is 3. The summed E-state index contributed by atoms with van der Waals surface area (Å²) < 4.78 is 45.0. The number of nitrogens with zero attached hydrogens (tertiary/aromatic N) is 2. The van der Waals surface area contributed by atoms with E-state index in [1.807, 2.05) is 6.07 Å². The molecule has 0 radical (unpaired) electrons. The molecule has 25 heavy (non-hydrogen) atoms. The molecule has 1 heterocycles. The molecule has 1 aromatic carbocycles. The third-order valence-electron chi connectivity index (χ3n) is 4.17. The summed E-state index contributed by atoms with van der Waals surface area (Å²) in [5, 5.41) is 0.561. The van der Waals surface area contributed by atoms with E-state index in [0.717, 1.165) is 21.8 Å². The van der Waals surface area contributed by atoms with Gasteiger partial charge in [0.05, 0.1) is 13.3 Å². The minimum atomic E-state index is -4.42. The Morgan fingerprint density at radius 2 is 2.12 bits per heavy atom. The van der Waals surface area contributed by atoms with Crippen molar-refractivity contribution in [2.75, 3.05) is 14.2 Å². The third-order valence-corrected chi connectivity index (χ3v) is 5.21. The highest BCUT2D eigenvalue weighted by molar-refractivity contribution is 7.16. The maximum Gasteiger partial charge on any atom is 0.409 e. The van der Waals surface area contributed by atoms with Gasteiger partial charge in [-0.15, -0.1) is 11.3 Å². The molecule has 134 valence electrons. The number of amides is 1. The number of methoxy groups -OCH3 is 1. The average molecular weight is 370 g/mol. The Kier molecular flexibility index (Phi) is 4.73. The molecule has 1 saturated carbocycles. The summed E-state index contributed by atoms with van der Waals surface area (Å²) in [6, 6.07) is 5.40. The first-order valence-electron chi connectivity index (χ1n) is 7.75. The second kappa shape index (κ2) is 6.67. The molecule has 1 aliphatic rings. The first-order valence-corrected chi connectivity index (χ1v) is 8.57. The van der Waals surface area contributed by atoms with Crippen LogP contribution < -0.4 is 4.74 Å². The first kappa shape index (κ1) is 17.7. The van der Waals surface area contributed by atoms with Crippen LogP contribution in [0, 0.1) is 5.92 Å². The second-order valence-electron chi connectivity index (χ2n) is 6.00. The zero-order valence-electron chi connectivity index (χ0n) is 13.7. The minimum absolute atomic E-state index is 0.190. The van der Waals surface area contributed by atoms with Gasteiger partial charge in [-0.3, -0.25) is 4.79 Å². The van der Waals surface area contributed by atoms with Crippen molar-refractivity contribution in [2.24, 2.45) is 5.92 Å². The van der Waals surface area contributed by atoms with Gasteiger partial charge in [0.25, 0.3) is 5.91 Å². The van der Waals surface area contributed by atoms with Crippen molar-refractivity contribution in [1.29, 1.82) is 0 Å². The quantitative estimate of drug-likeness (QED) is 0.791. The van der Waals surface area contributed by atoms with Gasteiger partial charge in [0, 0.05) is 12.6 Å². The molecule has 0 spiro atoms. The van der Waals surface area contributed by atoms with Crippen molar-refractivity contribution in [1.82, 2.24) is 9.88 Å². The predicted octanol–water partition coefficient (Wildman–Crippen LogP) is 4.23. The molecule has 1 atom stereocenters. The van der Waals surface area contributed by atoms with Crippen molar-refractivity contribution in [2.45, 2.75) is 25.1 Å². The number of carbonyl (C=O) groups excluding carboxylic acids is 1. The van der Waals surface area contributed by atoms with E-state index in [1.54, 1.807) is 25.3 Å². The van der Waals surface area contributed by atoms with Crippen LogP contribution in [0.25, 0.3) is 10.6 Å². The van der Waals surface area contributed by atoms with Crippen LogP contribution in [-0.4, -0.2) is 42.2 Å². The highest BCUT2D eigenvalue weighted by Crippen LogP contribution is 2.43. The molecule has 0 N–H and O–H groups in total. The van der Waals surface area contributed by atoms with E-state index < -0.39 is 24.0 Å². The summed E-state index contributed by atoms with van der Waals surface area (Å²) >= 11 is 1.08. The van der Waals surface area contributed by atoms with Gasteiger partial charge in [-0.1, -0.05) is 12.1 Å². The summed E-state index contributed by atoms with van der Waals surface area (Å²) in [6.07, 6.45) is -2.09. The number of rotatable bonds is 5. The first-order chi connectivity index (χ1) is 11.8. The normalized spacial score (nSPS) is 15.7. The van der Waals surface area contributed by atoms with Crippen molar-refractivity contribution in [3.63, 3.8) is 0 Å². The molecule has 1 aliphatic carbocycles. The number of hydrogen-bond acceptors (Lipinski definition) is 4. The Balaban J connectivity index is 1.82. The highest BCUT2D eigenvalue weighted by Gasteiger charge is 2.52. The molecule has 2 aromatic rings. The van der Waals surface area contributed by atoms with Crippen LogP contribution in [0.1, 0.15) is 22.5 Å². The monoisotopic (exact) mass is 370 g/mol. The van der Waals surface area contributed by atoms with E-state index in [2.05, 4.69) is 4.98 Å². The molecule has 8 heteroatoms. The van der Waals surface area contributed by atoms with Crippen molar-refractivity contribution in [3.8, 4) is 16.3 Å².